The van der Waals surface area contributed by atoms with Gasteiger partial charge in [0.2, 0.25) is 0 Å². The second kappa shape index (κ2) is 97.6. The number of hydrogen-bond acceptors (Lipinski definition) is 4. The molecule has 0 aromatic rings. The van der Waals surface area contributed by atoms with Gasteiger partial charge in [-0.25, -0.2) is 0 Å². The number of rotatable bonds is 0. The minimum Gasteiger partial charge on any atom is -0.870 e. The molecule has 4 N–H and O–H groups in total. The van der Waals surface area contributed by atoms with Gasteiger partial charge in [0, 0.05) is 6.61 Å². The molecule has 0 saturated carbocycles. The summed E-state index contributed by atoms with van der Waals surface area (Å²) in [4.78, 5) is 0. The smallest absolute Gasteiger partial charge is 0.870 e. The Labute approximate surface area is 53.2 Å². The molecule has 5 heteroatoms. The van der Waals surface area contributed by atoms with E-state index in [-0.39, 0.29) is 40.4 Å². The van der Waals surface area contributed by atoms with E-state index < -0.39 is 0 Å². The Morgan fingerprint density at radius 1 is 1.14 bits per heavy atom. The van der Waals surface area contributed by atoms with Crippen LogP contribution in [0.25, 0.3) is 0 Å². The Morgan fingerprint density at radius 3 is 1.14 bits per heavy atom. The fourth-order valence-electron chi connectivity index (χ4n) is 0. The van der Waals surface area contributed by atoms with Gasteiger partial charge in [0.15, 0.2) is 0 Å². The molecule has 7 heavy (non-hydrogen) atoms. The maximum Gasteiger partial charge on any atom is 3.00 e. The summed E-state index contributed by atoms with van der Waals surface area (Å²) in [6, 6.07) is 0. The molecule has 4 nitrogen and oxygen atoms in total. The van der Waals surface area contributed by atoms with E-state index in [0.29, 0.717) is 0 Å². The predicted molar refractivity (Wildman–Crippen MR) is 24.3 cm³/mol. The Kier molecular flexibility index (Phi) is 742. The zero-order chi connectivity index (χ0) is 2.71. The van der Waals surface area contributed by atoms with Gasteiger partial charge in [-0.3, -0.25) is 0 Å². The van der Waals surface area contributed by atoms with Crippen LogP contribution in [0, 0.1) is 0 Å². The van der Waals surface area contributed by atoms with Gasteiger partial charge >= 0.3 is 17.4 Å². The van der Waals surface area contributed by atoms with E-state index in [1.165, 1.54) is 0 Å². The van der Waals surface area contributed by atoms with Gasteiger partial charge in [-0.2, -0.15) is 0 Å². The van der Waals surface area contributed by atoms with Crippen molar-refractivity contribution in [3.63, 3.8) is 0 Å². The first-order valence-electron chi connectivity index (χ1n) is 1.02. The molecule has 0 unspecified atom stereocenters. The van der Waals surface area contributed by atoms with Crippen LogP contribution in [0.2, 0.25) is 0 Å². The van der Waals surface area contributed by atoms with Crippen LogP contribution in [0.5, 0.6) is 0 Å². The van der Waals surface area contributed by atoms with Crippen LogP contribution in [-0.2, 0) is 0 Å². The second-order valence-electron chi connectivity index (χ2n) is 0.316. The summed E-state index contributed by atoms with van der Waals surface area (Å²) < 4.78 is 0. The molecule has 0 aromatic heterocycles. The molecule has 0 aromatic carbocycles. The second-order valence-corrected chi connectivity index (χ2v) is 0.316. The normalized spacial score (nSPS) is 2.57. The minimum absolute atomic E-state index is 0. The van der Waals surface area contributed by atoms with Gasteiger partial charge in [0.05, 0.1) is 0 Å². The fraction of sp³-hybridized carbons (Fsp3) is 1.00. The summed E-state index contributed by atoms with van der Waals surface area (Å²) in [5, 5.41) is 7.57. The van der Waals surface area contributed by atoms with E-state index in [1.807, 2.05) is 0 Å². The van der Waals surface area contributed by atoms with Crippen LogP contribution in [0.1, 0.15) is 6.92 Å². The quantitative estimate of drug-likeness (QED) is 0.421. The van der Waals surface area contributed by atoms with Crippen molar-refractivity contribution >= 4 is 17.4 Å². The molecule has 0 saturated heterocycles. The number of aliphatic hydroxyl groups is 1. The van der Waals surface area contributed by atoms with E-state index >= 15 is 0 Å². The molecule has 0 heterocycles. The third kappa shape index (κ3) is 878. The first-order chi connectivity index (χ1) is 1.41. The van der Waals surface area contributed by atoms with Crippen molar-refractivity contribution in [3.05, 3.63) is 0 Å². The Balaban J connectivity index is -0.00000000333. The van der Waals surface area contributed by atoms with Gasteiger partial charge in [0.1, 0.15) is 0 Å². The molecule has 0 amide bonds. The average molecular weight is 124 g/mol. The molecular formula is C2H9AlO4. The topological polar surface area (TPSA) is 110 Å². The number of aliphatic hydroxyl groups excluding tert-OH is 1. The Bertz CT molecular complexity index is 9.65. The molecule has 0 aliphatic heterocycles. The SMILES string of the molecule is CCO.[Al+3].[OH-].[OH-].[OH-]. The molecule has 0 rings (SSSR count). The van der Waals surface area contributed by atoms with Crippen molar-refractivity contribution in [2.45, 2.75) is 6.92 Å². The zero-order valence-corrected chi connectivity index (χ0v) is 5.23. The molecular weight excluding hydrogens is 115 g/mol. The summed E-state index contributed by atoms with van der Waals surface area (Å²) >= 11 is 0. The van der Waals surface area contributed by atoms with Gasteiger partial charge < -0.3 is 21.5 Å². The molecule has 0 bridgehead atoms. The molecule has 44 valence electrons. The largest absolute Gasteiger partial charge is 3.00 e. The van der Waals surface area contributed by atoms with Crippen LogP contribution in [0.3, 0.4) is 0 Å². The Morgan fingerprint density at radius 2 is 1.14 bits per heavy atom. The summed E-state index contributed by atoms with van der Waals surface area (Å²) in [5.74, 6) is 0. The summed E-state index contributed by atoms with van der Waals surface area (Å²) in [6.07, 6.45) is 0. The molecule has 0 fully saturated rings. The summed E-state index contributed by atoms with van der Waals surface area (Å²) in [7, 11) is 0. The maximum absolute atomic E-state index is 7.57. The standard InChI is InChI=1S/C2H6O.Al.3H2O/c1-2-3;;;;/h3H,2H2,1H3;;3*1H2/q;+3;;;/p-3. The molecule has 0 atom stereocenters. The van der Waals surface area contributed by atoms with Crippen LogP contribution in [-0.4, -0.2) is 45.5 Å². The van der Waals surface area contributed by atoms with Gasteiger partial charge in [-0.1, -0.05) is 0 Å². The fourth-order valence-corrected chi connectivity index (χ4v) is 0. The molecule has 0 spiro atoms. The van der Waals surface area contributed by atoms with Gasteiger partial charge in [0.25, 0.3) is 0 Å². The number of hydrogen-bond donors (Lipinski definition) is 1. The maximum atomic E-state index is 7.57. The van der Waals surface area contributed by atoms with Gasteiger partial charge in [-0.05, 0) is 6.92 Å². The third-order valence-electron chi connectivity index (χ3n) is 0. The van der Waals surface area contributed by atoms with Crippen molar-refractivity contribution in [2.24, 2.45) is 0 Å². The first-order valence-corrected chi connectivity index (χ1v) is 1.02. The Hall–Kier alpha value is 0.372. The minimum atomic E-state index is 0. The molecule has 0 aliphatic rings. The summed E-state index contributed by atoms with van der Waals surface area (Å²) in [6.45, 7) is 1.93. The first kappa shape index (κ1) is 53.2. The van der Waals surface area contributed by atoms with E-state index in [0.717, 1.165) is 0 Å². The third-order valence-corrected chi connectivity index (χ3v) is 0. The van der Waals surface area contributed by atoms with E-state index in [4.69, 9.17) is 5.11 Å². The van der Waals surface area contributed by atoms with Crippen LogP contribution >= 0.6 is 0 Å². The summed E-state index contributed by atoms with van der Waals surface area (Å²) in [5.41, 5.74) is 0. The zero-order valence-electron chi connectivity index (χ0n) is 4.07. The molecule has 0 radical (unpaired) electrons. The van der Waals surface area contributed by atoms with Crippen molar-refractivity contribution < 1.29 is 21.5 Å². The van der Waals surface area contributed by atoms with Crippen LogP contribution < -0.4 is 0 Å². The monoisotopic (exact) mass is 124 g/mol. The molecule has 0 aliphatic carbocycles. The van der Waals surface area contributed by atoms with Crippen molar-refractivity contribution in [2.75, 3.05) is 6.61 Å². The van der Waals surface area contributed by atoms with Crippen molar-refractivity contribution in [3.8, 4) is 0 Å². The average Bonchev–Trinajstić information content (AvgIpc) is 0.918. The van der Waals surface area contributed by atoms with Crippen LogP contribution in [0.15, 0.2) is 0 Å². The predicted octanol–water partition coefficient (Wildman–Crippen LogP) is -0.913. The van der Waals surface area contributed by atoms with Crippen molar-refractivity contribution in [1.29, 1.82) is 0 Å². The van der Waals surface area contributed by atoms with E-state index in [9.17, 15) is 0 Å². The van der Waals surface area contributed by atoms with Crippen LogP contribution in [0.4, 0.5) is 0 Å². The van der Waals surface area contributed by atoms with E-state index in [1.54, 1.807) is 6.92 Å². The van der Waals surface area contributed by atoms with Gasteiger partial charge in [-0.15, -0.1) is 0 Å². The van der Waals surface area contributed by atoms with E-state index in [2.05, 4.69) is 0 Å². The van der Waals surface area contributed by atoms with Crippen molar-refractivity contribution in [1.82, 2.24) is 0 Å².